The molecule has 0 spiro atoms. The quantitative estimate of drug-likeness (QED) is 0.545. The van der Waals surface area contributed by atoms with E-state index < -0.39 is 0 Å². The molecule has 0 aliphatic carbocycles. The van der Waals surface area contributed by atoms with E-state index in [2.05, 4.69) is 36.9 Å². The second-order valence-electron chi connectivity index (χ2n) is 3.55. The summed E-state index contributed by atoms with van der Waals surface area (Å²) in [6.45, 7) is 9.00. The molecule has 0 saturated heterocycles. The Morgan fingerprint density at radius 2 is 1.12 bits per heavy atom. The zero-order chi connectivity index (χ0) is 13.4. The summed E-state index contributed by atoms with van der Waals surface area (Å²) in [5.74, 6) is 0. The molecular formula is C14H25Al2P. The molecule has 0 atom stereocenters. The van der Waals surface area contributed by atoms with Crippen molar-refractivity contribution in [2.45, 2.75) is 48.8 Å². The van der Waals surface area contributed by atoms with Gasteiger partial charge in [0.2, 0.25) is 0 Å². The minimum absolute atomic E-state index is 0.815. The summed E-state index contributed by atoms with van der Waals surface area (Å²) >= 11 is 1.63. The van der Waals surface area contributed by atoms with E-state index in [-0.39, 0.29) is 0 Å². The molecule has 0 fully saturated rings. The Hall–Kier alpha value is 0.715. The van der Waals surface area contributed by atoms with Gasteiger partial charge in [-0.25, -0.2) is 0 Å². The molecule has 0 aliphatic heterocycles. The van der Waals surface area contributed by atoms with Crippen molar-refractivity contribution >= 4 is 45.0 Å². The Bertz CT molecular complexity index is 205. The van der Waals surface area contributed by atoms with Crippen LogP contribution in [0.2, 0.25) is 21.1 Å². The van der Waals surface area contributed by atoms with Gasteiger partial charge in [-0.15, -0.1) is 12.1 Å². The van der Waals surface area contributed by atoms with E-state index in [9.17, 15) is 0 Å². The molecule has 17 heavy (non-hydrogen) atoms. The van der Waals surface area contributed by atoms with Crippen LogP contribution in [0.15, 0.2) is 30.3 Å². The zero-order valence-corrected chi connectivity index (χ0v) is 15.0. The standard InChI is InChI=1S/C6H5P.4C2H5.2Al/c7-6-4-2-1-3-5-6;4*1-2;;/h1-5H;4*1H2,2H3;;/q-2;;;;;2*+1. The maximum absolute atomic E-state index is 4.08. The van der Waals surface area contributed by atoms with Gasteiger partial charge in [-0.2, -0.15) is 0 Å². The van der Waals surface area contributed by atoms with Gasteiger partial charge in [0.1, 0.15) is 0 Å². The van der Waals surface area contributed by atoms with Crippen molar-refractivity contribution in [3.05, 3.63) is 30.3 Å². The van der Waals surface area contributed by atoms with E-state index in [4.69, 9.17) is 0 Å². The van der Waals surface area contributed by atoms with Crippen LogP contribution >= 0.6 is 9.24 Å². The molecule has 0 N–H and O–H groups in total. The van der Waals surface area contributed by atoms with Crippen molar-refractivity contribution in [1.82, 2.24) is 0 Å². The number of hydrogen-bond acceptors (Lipinski definition) is 0. The van der Waals surface area contributed by atoms with Gasteiger partial charge < -0.3 is 14.5 Å². The van der Waals surface area contributed by atoms with Crippen LogP contribution in [0.5, 0.6) is 0 Å². The van der Waals surface area contributed by atoms with E-state index in [1.165, 1.54) is 21.1 Å². The first kappa shape index (κ1) is 20.0. The fourth-order valence-electron chi connectivity index (χ4n) is 1.01. The molecule has 0 unspecified atom stereocenters. The summed E-state index contributed by atoms with van der Waals surface area (Å²) in [6, 6.07) is 9.79. The normalized spacial score (nSPS) is 7.59. The Morgan fingerprint density at radius 3 is 1.24 bits per heavy atom. The van der Waals surface area contributed by atoms with Crippen molar-refractivity contribution < 1.29 is 0 Å². The van der Waals surface area contributed by atoms with Gasteiger partial charge in [0.25, 0.3) is 0 Å². The van der Waals surface area contributed by atoms with Crippen molar-refractivity contribution in [3.8, 4) is 0 Å². The van der Waals surface area contributed by atoms with E-state index >= 15 is 0 Å². The predicted molar refractivity (Wildman–Crippen MR) is 86.4 cm³/mol. The Kier molecular flexibility index (Phi) is 22.5. The van der Waals surface area contributed by atoms with Crippen LogP contribution in [-0.4, -0.2) is 30.4 Å². The molecule has 1 aromatic carbocycles. The summed E-state index contributed by atoms with van der Waals surface area (Å²) in [6.07, 6.45) is 0. The third-order valence-electron chi connectivity index (χ3n) is 1.91. The summed E-state index contributed by atoms with van der Waals surface area (Å²) in [4.78, 5) is 0. The molecule has 0 bridgehead atoms. The van der Waals surface area contributed by atoms with Gasteiger partial charge in [0, 0.05) is 0 Å². The fourth-order valence-corrected chi connectivity index (χ4v) is 2.33. The average molecular weight is 278 g/mol. The van der Waals surface area contributed by atoms with Crippen molar-refractivity contribution in [1.29, 1.82) is 0 Å². The smallest absolute Gasteiger partial charge is 0.0626 e. The van der Waals surface area contributed by atoms with Gasteiger partial charge >= 0.3 is 79.3 Å². The van der Waals surface area contributed by atoms with Crippen LogP contribution in [0.3, 0.4) is 0 Å². The molecule has 3 heteroatoms. The van der Waals surface area contributed by atoms with E-state index in [0.29, 0.717) is 0 Å². The monoisotopic (exact) mass is 278 g/mol. The third kappa shape index (κ3) is 22.4. The van der Waals surface area contributed by atoms with E-state index in [1.807, 2.05) is 30.3 Å². The van der Waals surface area contributed by atoms with Crippen LogP contribution in [0, 0.1) is 0 Å². The number of hydrogen-bond donors (Lipinski definition) is 0. The van der Waals surface area contributed by atoms with Crippen molar-refractivity contribution in [2.75, 3.05) is 0 Å². The third-order valence-corrected chi connectivity index (χ3v) is 4.52. The SMILES string of the molecule is C[CH2][Al+][CH2]C.C[CH2][Al+][CH2]C.[P-2]c1ccccc1. The first-order chi connectivity index (χ1) is 8.22. The van der Waals surface area contributed by atoms with E-state index in [1.54, 1.807) is 0 Å². The molecule has 1 rings (SSSR count). The summed E-state index contributed by atoms with van der Waals surface area (Å²) < 4.78 is 0. The number of rotatable bonds is 4. The maximum Gasteiger partial charge on any atom is -0.0626 e. The zero-order valence-electron chi connectivity index (χ0n) is 11.8. The van der Waals surface area contributed by atoms with E-state index in [0.717, 1.165) is 35.7 Å². The Morgan fingerprint density at radius 1 is 0.765 bits per heavy atom. The van der Waals surface area contributed by atoms with Crippen molar-refractivity contribution in [2.24, 2.45) is 0 Å². The molecule has 0 heterocycles. The summed E-state index contributed by atoms with van der Waals surface area (Å²) in [5, 5.41) is 6.72. The molecule has 0 radical (unpaired) electrons. The molecule has 0 nitrogen and oxygen atoms in total. The van der Waals surface area contributed by atoms with Crippen molar-refractivity contribution in [3.63, 3.8) is 0 Å². The molecule has 1 aromatic rings. The fraction of sp³-hybridized carbons (Fsp3) is 0.571. The minimum Gasteiger partial charge on any atom is -1.45 e. The predicted octanol–water partition coefficient (Wildman–Crippen LogP) is 4.86. The molecule has 0 aromatic heterocycles. The van der Waals surface area contributed by atoms with Gasteiger partial charge in [0.05, 0.1) is 0 Å². The number of benzene rings is 1. The Labute approximate surface area is 124 Å². The Balaban J connectivity index is 0. The van der Waals surface area contributed by atoms with Crippen LogP contribution in [0.1, 0.15) is 27.7 Å². The van der Waals surface area contributed by atoms with Crippen LogP contribution in [-0.2, 0) is 0 Å². The van der Waals surface area contributed by atoms with Gasteiger partial charge in [0.15, 0.2) is 0 Å². The molecular weight excluding hydrogens is 253 g/mol. The topological polar surface area (TPSA) is 0 Å². The maximum atomic E-state index is 4.08. The van der Waals surface area contributed by atoms with Crippen LogP contribution in [0.4, 0.5) is 0 Å². The van der Waals surface area contributed by atoms with Gasteiger partial charge in [-0.3, -0.25) is 0 Å². The molecule has 0 saturated carbocycles. The summed E-state index contributed by atoms with van der Waals surface area (Å²) in [7, 11) is 4.08. The second kappa shape index (κ2) is 19.1. The first-order valence-electron chi connectivity index (χ1n) is 6.60. The molecule has 0 amide bonds. The first-order valence-corrected chi connectivity index (χ1v) is 10.3. The summed E-state index contributed by atoms with van der Waals surface area (Å²) in [5.41, 5.74) is 0. The van der Waals surface area contributed by atoms with Crippen LogP contribution in [0.25, 0.3) is 0 Å². The molecule has 92 valence electrons. The average Bonchev–Trinajstić information content (AvgIpc) is 2.34. The van der Waals surface area contributed by atoms with Gasteiger partial charge in [-0.05, 0) is 0 Å². The van der Waals surface area contributed by atoms with Gasteiger partial charge in [-0.1, -0.05) is 18.2 Å². The van der Waals surface area contributed by atoms with Crippen LogP contribution < -0.4 is 5.30 Å². The minimum atomic E-state index is 0.815. The largest absolute Gasteiger partial charge is 1.45 e. The second-order valence-corrected chi connectivity index (χ2v) is 8.48. The molecule has 0 aliphatic rings.